The molecule has 0 saturated carbocycles. The van der Waals surface area contributed by atoms with E-state index in [9.17, 15) is 14.4 Å². The molecule has 1 rings (SSSR count). The number of halogens is 2. The van der Waals surface area contributed by atoms with Crippen molar-refractivity contribution < 1.29 is 23.9 Å². The van der Waals surface area contributed by atoms with Crippen molar-refractivity contribution in [2.24, 2.45) is 0 Å². The number of rotatable bonds is 7. The van der Waals surface area contributed by atoms with Crippen molar-refractivity contribution in [2.45, 2.75) is 51.9 Å². The minimum Gasteiger partial charge on any atom is -0.459 e. The molecule has 0 aliphatic heterocycles. The van der Waals surface area contributed by atoms with Gasteiger partial charge in [-0.1, -0.05) is 23.2 Å². The van der Waals surface area contributed by atoms with Crippen LogP contribution in [0.15, 0.2) is 12.1 Å². The van der Waals surface area contributed by atoms with Gasteiger partial charge in [-0.3, -0.25) is 9.69 Å². The molecule has 0 aromatic carbocycles. The number of nitrogens with zero attached hydrogens (tertiary/aromatic N) is 3. The second-order valence-electron chi connectivity index (χ2n) is 7.66. The van der Waals surface area contributed by atoms with Crippen LogP contribution in [0.3, 0.4) is 0 Å². The van der Waals surface area contributed by atoms with Gasteiger partial charge in [0, 0.05) is 27.6 Å². The average Bonchev–Trinajstić information content (AvgIpc) is 2.57. The first kappa shape index (κ1) is 25.0. The third kappa shape index (κ3) is 8.87. The van der Waals surface area contributed by atoms with Crippen molar-refractivity contribution >= 4 is 41.2 Å². The SMILES string of the molecule is CN(C)C(=O)CC[C@@H](C(=O)OCc1cc(Cl)nc(Cl)c1)N(C)C(=O)OC(C)(C)C. The van der Waals surface area contributed by atoms with E-state index in [-0.39, 0.29) is 35.7 Å². The Bertz CT molecular complexity index is 730. The summed E-state index contributed by atoms with van der Waals surface area (Å²) < 4.78 is 10.7. The number of amides is 2. The highest BCUT2D eigenvalue weighted by Crippen LogP contribution is 2.18. The largest absolute Gasteiger partial charge is 0.459 e. The zero-order valence-corrected chi connectivity index (χ0v) is 19.0. The standard InChI is InChI=1S/C19H27Cl2N3O5/c1-19(2,3)29-18(27)24(6)13(7-8-16(25)23(4)5)17(26)28-11-12-9-14(20)22-15(21)10-12/h9-10,13H,7-8,11H2,1-6H3/t13-/m0/s1. The van der Waals surface area contributed by atoms with Gasteiger partial charge in [0.25, 0.3) is 0 Å². The molecular weight excluding hydrogens is 421 g/mol. The summed E-state index contributed by atoms with van der Waals surface area (Å²) in [4.78, 5) is 43.4. The van der Waals surface area contributed by atoms with Crippen molar-refractivity contribution in [3.8, 4) is 0 Å². The second-order valence-corrected chi connectivity index (χ2v) is 8.44. The lowest BCUT2D eigenvalue weighted by molar-refractivity contribution is -0.151. The van der Waals surface area contributed by atoms with Gasteiger partial charge in [0.1, 0.15) is 28.6 Å². The number of carbonyl (C=O) groups is 3. The summed E-state index contributed by atoms with van der Waals surface area (Å²) in [5, 5.41) is 0.338. The number of hydrogen-bond donors (Lipinski definition) is 0. The number of hydrogen-bond acceptors (Lipinski definition) is 6. The summed E-state index contributed by atoms with van der Waals surface area (Å²) >= 11 is 11.7. The van der Waals surface area contributed by atoms with E-state index in [1.807, 2.05) is 0 Å². The Hall–Kier alpha value is -2.06. The third-order valence-corrected chi connectivity index (χ3v) is 4.14. The van der Waals surface area contributed by atoms with E-state index in [1.165, 1.54) is 24.1 Å². The molecule has 0 aliphatic rings. The summed E-state index contributed by atoms with van der Waals surface area (Å²) in [6.07, 6.45) is -0.539. The quantitative estimate of drug-likeness (QED) is 0.468. The lowest BCUT2D eigenvalue weighted by Crippen LogP contribution is -2.46. The fourth-order valence-electron chi connectivity index (χ4n) is 2.26. The fourth-order valence-corrected chi connectivity index (χ4v) is 2.77. The zero-order chi connectivity index (χ0) is 22.4. The van der Waals surface area contributed by atoms with Crippen LogP contribution in [0.1, 0.15) is 39.2 Å². The van der Waals surface area contributed by atoms with E-state index >= 15 is 0 Å². The van der Waals surface area contributed by atoms with E-state index < -0.39 is 23.7 Å². The normalized spacial score (nSPS) is 12.1. The maximum atomic E-state index is 12.7. The van der Waals surface area contributed by atoms with Crippen LogP contribution in [0.4, 0.5) is 4.79 Å². The number of likely N-dealkylation sites (N-methyl/N-ethyl adjacent to an activating group) is 1. The molecule has 0 unspecified atom stereocenters. The van der Waals surface area contributed by atoms with Crippen LogP contribution in [-0.4, -0.2) is 65.5 Å². The summed E-state index contributed by atoms with van der Waals surface area (Å²) in [6, 6.07) is 2.03. The molecule has 2 amide bonds. The van der Waals surface area contributed by atoms with E-state index in [4.69, 9.17) is 32.7 Å². The molecule has 0 N–H and O–H groups in total. The minimum absolute atomic E-state index is 0.0623. The van der Waals surface area contributed by atoms with Crippen LogP contribution >= 0.6 is 23.2 Å². The van der Waals surface area contributed by atoms with Crippen molar-refractivity contribution in [2.75, 3.05) is 21.1 Å². The Kier molecular flexibility index (Phi) is 9.16. The van der Waals surface area contributed by atoms with Gasteiger partial charge in [-0.05, 0) is 44.9 Å². The molecule has 1 aromatic heterocycles. The summed E-state index contributed by atoms with van der Waals surface area (Å²) in [7, 11) is 4.66. The van der Waals surface area contributed by atoms with Crippen molar-refractivity contribution in [1.82, 2.24) is 14.8 Å². The maximum Gasteiger partial charge on any atom is 0.410 e. The Balaban J connectivity index is 2.91. The molecule has 0 radical (unpaired) electrons. The van der Waals surface area contributed by atoms with Gasteiger partial charge in [-0.15, -0.1) is 0 Å². The van der Waals surface area contributed by atoms with Crippen LogP contribution in [0.25, 0.3) is 0 Å². The van der Waals surface area contributed by atoms with Gasteiger partial charge in [-0.25, -0.2) is 14.6 Å². The smallest absolute Gasteiger partial charge is 0.410 e. The highest BCUT2D eigenvalue weighted by Gasteiger charge is 2.32. The Morgan fingerprint density at radius 3 is 2.14 bits per heavy atom. The van der Waals surface area contributed by atoms with E-state index in [2.05, 4.69) is 4.98 Å². The number of pyridine rings is 1. The first-order valence-electron chi connectivity index (χ1n) is 8.94. The minimum atomic E-state index is -0.999. The van der Waals surface area contributed by atoms with Crippen molar-refractivity contribution in [3.05, 3.63) is 28.0 Å². The van der Waals surface area contributed by atoms with E-state index in [0.29, 0.717) is 5.56 Å². The second kappa shape index (κ2) is 10.6. The van der Waals surface area contributed by atoms with Crippen LogP contribution in [-0.2, 0) is 25.7 Å². The zero-order valence-electron chi connectivity index (χ0n) is 17.5. The fraction of sp³-hybridized carbons (Fsp3) is 0.579. The molecule has 29 heavy (non-hydrogen) atoms. The van der Waals surface area contributed by atoms with Gasteiger partial charge in [-0.2, -0.15) is 0 Å². The molecule has 0 aliphatic carbocycles. The van der Waals surface area contributed by atoms with E-state index in [0.717, 1.165) is 4.90 Å². The Morgan fingerprint density at radius 1 is 1.10 bits per heavy atom. The number of carbonyl (C=O) groups excluding carboxylic acids is 3. The molecule has 8 nitrogen and oxygen atoms in total. The topological polar surface area (TPSA) is 89.0 Å². The average molecular weight is 448 g/mol. The van der Waals surface area contributed by atoms with E-state index in [1.54, 1.807) is 34.9 Å². The van der Waals surface area contributed by atoms with Crippen LogP contribution in [0.5, 0.6) is 0 Å². The van der Waals surface area contributed by atoms with Gasteiger partial charge in [0.15, 0.2) is 0 Å². The Morgan fingerprint density at radius 2 is 1.66 bits per heavy atom. The van der Waals surface area contributed by atoms with Gasteiger partial charge in [0.05, 0.1) is 0 Å². The Labute approximate surface area is 181 Å². The molecular formula is C19H27Cl2N3O5. The lowest BCUT2D eigenvalue weighted by atomic mass is 10.1. The maximum absolute atomic E-state index is 12.7. The molecule has 1 atom stereocenters. The molecule has 0 saturated heterocycles. The van der Waals surface area contributed by atoms with Crippen molar-refractivity contribution in [3.63, 3.8) is 0 Å². The number of aromatic nitrogens is 1. The number of esters is 1. The summed E-state index contributed by atoms with van der Waals surface area (Å²) in [5.74, 6) is -0.845. The first-order chi connectivity index (χ1) is 13.3. The summed E-state index contributed by atoms with van der Waals surface area (Å²) in [5.41, 5.74) is -0.185. The highest BCUT2D eigenvalue weighted by atomic mass is 35.5. The molecule has 1 heterocycles. The third-order valence-electron chi connectivity index (χ3n) is 3.76. The van der Waals surface area contributed by atoms with Gasteiger partial charge >= 0.3 is 12.1 Å². The van der Waals surface area contributed by atoms with Crippen molar-refractivity contribution in [1.29, 1.82) is 0 Å². The van der Waals surface area contributed by atoms with Crippen LogP contribution in [0, 0.1) is 0 Å². The van der Waals surface area contributed by atoms with Gasteiger partial charge in [0.2, 0.25) is 5.91 Å². The first-order valence-corrected chi connectivity index (χ1v) is 9.70. The van der Waals surface area contributed by atoms with Crippen LogP contribution < -0.4 is 0 Å². The molecule has 10 heteroatoms. The van der Waals surface area contributed by atoms with Gasteiger partial charge < -0.3 is 14.4 Å². The molecule has 0 fully saturated rings. The highest BCUT2D eigenvalue weighted by molar-refractivity contribution is 6.32. The molecule has 1 aromatic rings. The predicted molar refractivity (Wildman–Crippen MR) is 110 cm³/mol. The molecule has 162 valence electrons. The monoisotopic (exact) mass is 447 g/mol. The predicted octanol–water partition coefficient (Wildman–Crippen LogP) is 3.54. The molecule has 0 spiro atoms. The molecule has 0 bridgehead atoms. The number of ether oxygens (including phenoxy) is 2. The van der Waals surface area contributed by atoms with Crippen LogP contribution in [0.2, 0.25) is 10.3 Å². The summed E-state index contributed by atoms with van der Waals surface area (Å²) in [6.45, 7) is 5.05. The lowest BCUT2D eigenvalue weighted by Gasteiger charge is -2.29.